The van der Waals surface area contributed by atoms with Gasteiger partial charge in [0.05, 0.1) is 13.0 Å². The van der Waals surface area contributed by atoms with Gasteiger partial charge in [-0.2, -0.15) is 0 Å². The summed E-state index contributed by atoms with van der Waals surface area (Å²) in [6, 6.07) is 13.2. The smallest absolute Gasteiger partial charge is 0.272 e. The normalized spacial score (nSPS) is 17.9. The molecule has 178 valence electrons. The quantitative estimate of drug-likeness (QED) is 0.388. The van der Waals surface area contributed by atoms with Crippen molar-refractivity contribution in [3.05, 3.63) is 54.2 Å². The number of aliphatic hydroxyl groups is 1. The van der Waals surface area contributed by atoms with Crippen molar-refractivity contribution < 1.29 is 24.6 Å². The average Bonchev–Trinajstić information content (AvgIpc) is 2.86. The van der Waals surface area contributed by atoms with Crippen molar-refractivity contribution in [1.82, 2.24) is 15.4 Å². The molecule has 2 heterocycles. The van der Waals surface area contributed by atoms with E-state index in [-0.39, 0.29) is 11.9 Å². The minimum absolute atomic E-state index is 0.123. The van der Waals surface area contributed by atoms with Crippen LogP contribution in [0.2, 0.25) is 0 Å². The zero-order valence-corrected chi connectivity index (χ0v) is 19.1. The van der Waals surface area contributed by atoms with Gasteiger partial charge >= 0.3 is 0 Å². The Morgan fingerprint density at radius 1 is 1.21 bits per heavy atom. The van der Waals surface area contributed by atoms with Crippen LogP contribution in [0.3, 0.4) is 0 Å². The van der Waals surface area contributed by atoms with Crippen molar-refractivity contribution in [3.8, 4) is 5.75 Å². The number of carbonyl (C=O) groups is 2. The number of hydrogen-bond acceptors (Lipinski definition) is 7. The Morgan fingerprint density at radius 2 is 1.97 bits per heavy atom. The molecule has 0 unspecified atom stereocenters. The number of aromatic nitrogens is 1. The number of hydrogen-bond donors (Lipinski definition) is 3. The van der Waals surface area contributed by atoms with Crippen molar-refractivity contribution >= 4 is 17.6 Å². The molecular weight excluding hydrogens is 424 g/mol. The molecule has 0 spiro atoms. The summed E-state index contributed by atoms with van der Waals surface area (Å²) >= 11 is 0. The maximum atomic E-state index is 13.4. The first-order chi connectivity index (χ1) is 15.9. The number of pyridine rings is 1. The molecule has 33 heavy (non-hydrogen) atoms. The number of nitrogens with zero attached hydrogens (tertiary/aromatic N) is 3. The molecule has 3 atom stereocenters. The lowest BCUT2D eigenvalue weighted by Gasteiger charge is -2.42. The van der Waals surface area contributed by atoms with Gasteiger partial charge in [0.25, 0.3) is 5.91 Å². The molecule has 1 fully saturated rings. The second kappa shape index (κ2) is 11.6. The Labute approximate surface area is 193 Å². The molecule has 0 radical (unpaired) electrons. The van der Waals surface area contributed by atoms with Crippen molar-refractivity contribution in [2.45, 2.75) is 38.3 Å². The van der Waals surface area contributed by atoms with Crippen molar-refractivity contribution in [1.29, 1.82) is 0 Å². The number of rotatable bonds is 9. The fraction of sp³-hybridized carbons (Fsp3) is 0.458. The summed E-state index contributed by atoms with van der Waals surface area (Å²) in [5.41, 5.74) is 2.54. The summed E-state index contributed by atoms with van der Waals surface area (Å²) in [5.74, 6) is -0.585. The van der Waals surface area contributed by atoms with Crippen LogP contribution in [0.4, 0.5) is 5.82 Å². The van der Waals surface area contributed by atoms with Crippen LogP contribution in [0.15, 0.2) is 48.7 Å². The third-order valence-corrected chi connectivity index (χ3v) is 6.10. The van der Waals surface area contributed by atoms with Crippen LogP contribution in [0, 0.1) is 5.92 Å². The topological polar surface area (TPSA) is 115 Å². The van der Waals surface area contributed by atoms with Crippen LogP contribution < -0.4 is 15.1 Å². The number of aryl methyl sites for hydroxylation is 1. The number of methoxy groups -OCH3 is 1. The predicted octanol–water partition coefficient (Wildman–Crippen LogP) is 1.63. The highest BCUT2D eigenvalue weighted by Crippen LogP contribution is 2.23. The first-order valence-electron chi connectivity index (χ1n) is 11.2. The van der Waals surface area contributed by atoms with E-state index >= 15 is 0 Å². The van der Waals surface area contributed by atoms with Gasteiger partial charge in [0, 0.05) is 31.9 Å². The molecule has 1 aromatic carbocycles. The second-order valence-electron chi connectivity index (χ2n) is 8.28. The number of anilines is 1. The van der Waals surface area contributed by atoms with E-state index in [1.165, 1.54) is 5.48 Å². The van der Waals surface area contributed by atoms with E-state index in [1.54, 1.807) is 18.2 Å². The molecule has 0 saturated carbocycles. The van der Waals surface area contributed by atoms with Crippen LogP contribution >= 0.6 is 0 Å². The van der Waals surface area contributed by atoms with Crippen LogP contribution in [-0.4, -0.2) is 70.9 Å². The molecule has 1 aromatic heterocycles. The molecule has 1 aliphatic rings. The van der Waals surface area contributed by atoms with E-state index in [0.717, 1.165) is 17.1 Å². The zero-order chi connectivity index (χ0) is 23.8. The molecule has 9 heteroatoms. The van der Waals surface area contributed by atoms with Gasteiger partial charge < -0.3 is 19.6 Å². The summed E-state index contributed by atoms with van der Waals surface area (Å²) in [7, 11) is 1.61. The Balaban J connectivity index is 1.65. The molecule has 0 aliphatic carbocycles. The van der Waals surface area contributed by atoms with Gasteiger partial charge in [-0.05, 0) is 56.0 Å². The third-order valence-electron chi connectivity index (χ3n) is 6.10. The van der Waals surface area contributed by atoms with E-state index in [2.05, 4.69) is 9.88 Å². The van der Waals surface area contributed by atoms with Crippen LogP contribution in [0.5, 0.6) is 5.75 Å². The van der Waals surface area contributed by atoms with Gasteiger partial charge in [-0.1, -0.05) is 18.2 Å². The minimum Gasteiger partial charge on any atom is -0.497 e. The van der Waals surface area contributed by atoms with E-state index in [1.807, 2.05) is 49.4 Å². The minimum atomic E-state index is -1.63. The zero-order valence-electron chi connectivity index (χ0n) is 19.1. The number of amides is 2. The number of hydroxylamine groups is 1. The van der Waals surface area contributed by atoms with Crippen molar-refractivity contribution in [3.63, 3.8) is 0 Å². The van der Waals surface area contributed by atoms with E-state index in [0.29, 0.717) is 38.9 Å². The van der Waals surface area contributed by atoms with Crippen LogP contribution in [-0.2, 0) is 16.0 Å². The molecule has 1 saturated heterocycles. The number of nitrogens with one attached hydrogen (secondary N) is 1. The number of piperazine rings is 1. The van der Waals surface area contributed by atoms with Crippen molar-refractivity contribution in [2.24, 2.45) is 5.92 Å². The summed E-state index contributed by atoms with van der Waals surface area (Å²) in [4.78, 5) is 33.6. The first-order valence-corrected chi connectivity index (χ1v) is 11.2. The van der Waals surface area contributed by atoms with Gasteiger partial charge in [0.15, 0.2) is 0 Å². The molecule has 2 amide bonds. The highest BCUT2D eigenvalue weighted by molar-refractivity contribution is 5.89. The van der Waals surface area contributed by atoms with Gasteiger partial charge in [-0.15, -0.1) is 0 Å². The van der Waals surface area contributed by atoms with E-state index < -0.39 is 17.9 Å². The summed E-state index contributed by atoms with van der Waals surface area (Å²) < 4.78 is 5.17. The first kappa shape index (κ1) is 24.5. The number of carbonyl (C=O) groups excluding carboxylic acids is 2. The Bertz CT molecular complexity index is 909. The fourth-order valence-corrected chi connectivity index (χ4v) is 4.23. The maximum absolute atomic E-state index is 13.4. The molecule has 1 aliphatic heterocycles. The maximum Gasteiger partial charge on any atom is 0.272 e. The molecule has 3 rings (SSSR count). The SMILES string of the molecule is COc1ccc(CCC[C@H](C(=O)N2CCN(c3ccccn3)C[C@H]2C)[C@H](O)C(=O)NO)cc1. The number of ether oxygens (including phenoxy) is 1. The van der Waals surface area contributed by atoms with Gasteiger partial charge in [-0.3, -0.25) is 14.8 Å². The third kappa shape index (κ3) is 6.21. The number of benzene rings is 1. The van der Waals surface area contributed by atoms with Crippen molar-refractivity contribution in [2.75, 3.05) is 31.6 Å². The van der Waals surface area contributed by atoms with Gasteiger partial charge in [0.1, 0.15) is 17.7 Å². The van der Waals surface area contributed by atoms with E-state index in [4.69, 9.17) is 9.94 Å². The van der Waals surface area contributed by atoms with Crippen LogP contribution in [0.1, 0.15) is 25.3 Å². The van der Waals surface area contributed by atoms with Gasteiger partial charge in [0.2, 0.25) is 5.91 Å². The summed E-state index contributed by atoms with van der Waals surface area (Å²) in [6.07, 6.45) is 1.71. The molecule has 3 N–H and O–H groups in total. The predicted molar refractivity (Wildman–Crippen MR) is 123 cm³/mol. The lowest BCUT2D eigenvalue weighted by molar-refractivity contribution is -0.152. The van der Waals surface area contributed by atoms with Crippen LogP contribution in [0.25, 0.3) is 0 Å². The van der Waals surface area contributed by atoms with Gasteiger partial charge in [-0.25, -0.2) is 10.5 Å². The Hall–Kier alpha value is -3.17. The standard InChI is InChI=1S/C24H32N4O5/c1-17-16-27(21-8-3-4-13-25-21)14-15-28(17)24(31)20(22(29)23(30)26-32)7-5-6-18-9-11-19(33-2)12-10-18/h3-4,8-13,17,20,22,29,32H,5-7,14-16H2,1-2H3,(H,26,30)/t17-,20+,22+/m1/s1. The molecular formula is C24H32N4O5. The summed E-state index contributed by atoms with van der Waals surface area (Å²) in [6.45, 7) is 3.61. The lowest BCUT2D eigenvalue weighted by Crippen LogP contribution is -2.57. The molecule has 2 aromatic rings. The largest absolute Gasteiger partial charge is 0.497 e. The number of aliphatic hydroxyl groups excluding tert-OH is 1. The monoisotopic (exact) mass is 456 g/mol. The summed E-state index contributed by atoms with van der Waals surface area (Å²) in [5, 5.41) is 19.5. The highest BCUT2D eigenvalue weighted by Gasteiger charge is 2.38. The van der Waals surface area contributed by atoms with E-state index in [9.17, 15) is 14.7 Å². The fourth-order valence-electron chi connectivity index (χ4n) is 4.23. The molecule has 0 bridgehead atoms. The second-order valence-corrected chi connectivity index (χ2v) is 8.28. The highest BCUT2D eigenvalue weighted by atomic mass is 16.5. The average molecular weight is 457 g/mol. The Morgan fingerprint density at radius 3 is 2.58 bits per heavy atom. The lowest BCUT2D eigenvalue weighted by atomic mass is 9.91. The molecule has 9 nitrogen and oxygen atoms in total. The Kier molecular flexibility index (Phi) is 8.62.